The van der Waals surface area contributed by atoms with Crippen LogP contribution in [0.15, 0.2) is 78.9 Å². The van der Waals surface area contributed by atoms with Gasteiger partial charge in [0.15, 0.2) is 11.5 Å². The second-order valence-electron chi connectivity index (χ2n) is 10.2. The van der Waals surface area contributed by atoms with Crippen molar-refractivity contribution in [1.29, 1.82) is 0 Å². The fraction of sp³-hybridized carbons (Fsp3) is 0.355. The van der Waals surface area contributed by atoms with Crippen LogP contribution in [0.1, 0.15) is 50.4 Å². The molecule has 0 aliphatic heterocycles. The molecule has 1 unspecified atom stereocenters. The Morgan fingerprint density at radius 2 is 1.56 bits per heavy atom. The molecule has 0 aromatic heterocycles. The molecule has 3 aromatic carbocycles. The van der Waals surface area contributed by atoms with Gasteiger partial charge in [0.2, 0.25) is 0 Å². The second-order valence-corrected chi connectivity index (χ2v) is 10.2. The van der Waals surface area contributed by atoms with Crippen LogP contribution in [0.5, 0.6) is 11.5 Å². The molecule has 0 radical (unpaired) electrons. The number of nitrogens with zero attached hydrogens (tertiary/aromatic N) is 1. The maximum Gasteiger partial charge on any atom is 0.407 e. The molecule has 3 amide bonds. The van der Waals surface area contributed by atoms with Gasteiger partial charge in [-0.15, -0.1) is 0 Å². The smallest absolute Gasteiger partial charge is 0.407 e. The number of amides is 3. The van der Waals surface area contributed by atoms with E-state index >= 15 is 0 Å². The number of hydrogen-bond donors (Lipinski definition) is 2. The van der Waals surface area contributed by atoms with Gasteiger partial charge in [-0.3, -0.25) is 0 Å². The largest absolute Gasteiger partial charge is 0.493 e. The Morgan fingerprint density at radius 1 is 0.897 bits per heavy atom. The predicted molar refractivity (Wildman–Crippen MR) is 152 cm³/mol. The van der Waals surface area contributed by atoms with Gasteiger partial charge in [-0.2, -0.15) is 0 Å². The predicted octanol–water partition coefficient (Wildman–Crippen LogP) is 6.07. The van der Waals surface area contributed by atoms with Gasteiger partial charge in [0, 0.05) is 19.6 Å². The third kappa shape index (κ3) is 9.89. The molecule has 0 aliphatic rings. The molecular weight excluding hydrogens is 494 g/mol. The summed E-state index contributed by atoms with van der Waals surface area (Å²) in [6.07, 6.45) is -0.526. The molecule has 0 bridgehead atoms. The summed E-state index contributed by atoms with van der Waals surface area (Å²) in [6.45, 7) is 8.58. The Hall–Kier alpha value is -4.20. The lowest BCUT2D eigenvalue weighted by Gasteiger charge is -2.26. The quantitative estimate of drug-likeness (QED) is 0.312. The lowest BCUT2D eigenvalue weighted by Crippen LogP contribution is -2.44. The molecule has 8 nitrogen and oxygen atoms in total. The van der Waals surface area contributed by atoms with Gasteiger partial charge in [-0.1, -0.05) is 66.7 Å². The van der Waals surface area contributed by atoms with Crippen molar-refractivity contribution < 1.29 is 23.8 Å². The number of urea groups is 1. The van der Waals surface area contributed by atoms with Gasteiger partial charge in [-0.25, -0.2) is 9.59 Å². The van der Waals surface area contributed by atoms with Crippen LogP contribution in [0.2, 0.25) is 0 Å². The topological polar surface area (TPSA) is 89.1 Å². The third-order valence-electron chi connectivity index (χ3n) is 5.82. The molecule has 0 heterocycles. The minimum Gasteiger partial charge on any atom is -0.493 e. The van der Waals surface area contributed by atoms with Crippen molar-refractivity contribution in [3.63, 3.8) is 0 Å². The Bertz CT molecular complexity index is 1200. The summed E-state index contributed by atoms with van der Waals surface area (Å²) in [5.41, 5.74) is 2.31. The molecule has 8 heteroatoms. The average Bonchev–Trinajstić information content (AvgIpc) is 2.91. The van der Waals surface area contributed by atoms with Crippen LogP contribution in [0, 0.1) is 0 Å². The SMILES string of the molecule is COc1cc(CN(CCNC(=O)OC(C)(C)C)C(=O)NC(C)c2ccccc2)ccc1OCc1ccccc1. The number of methoxy groups -OCH3 is 1. The molecular formula is C31H39N3O5. The first kappa shape index (κ1) is 29.4. The van der Waals surface area contributed by atoms with Gasteiger partial charge in [0.1, 0.15) is 12.2 Å². The van der Waals surface area contributed by atoms with Crippen molar-refractivity contribution in [3.05, 3.63) is 95.6 Å². The lowest BCUT2D eigenvalue weighted by atomic mass is 10.1. The van der Waals surface area contributed by atoms with E-state index in [9.17, 15) is 9.59 Å². The number of carbonyl (C=O) groups is 2. The molecule has 3 aromatic rings. The van der Waals surface area contributed by atoms with Crippen molar-refractivity contribution in [2.24, 2.45) is 0 Å². The van der Waals surface area contributed by atoms with E-state index < -0.39 is 11.7 Å². The van der Waals surface area contributed by atoms with Crippen LogP contribution in [0.25, 0.3) is 0 Å². The Labute approximate surface area is 231 Å². The number of alkyl carbamates (subject to hydrolysis) is 1. The number of benzene rings is 3. The van der Waals surface area contributed by atoms with Gasteiger partial charge < -0.3 is 29.7 Å². The van der Waals surface area contributed by atoms with Crippen molar-refractivity contribution in [1.82, 2.24) is 15.5 Å². The molecule has 3 rings (SSSR count). The van der Waals surface area contributed by atoms with Crippen molar-refractivity contribution in [2.75, 3.05) is 20.2 Å². The minimum absolute atomic E-state index is 0.191. The molecule has 39 heavy (non-hydrogen) atoms. The number of nitrogens with one attached hydrogen (secondary N) is 2. The fourth-order valence-corrected chi connectivity index (χ4v) is 3.85. The Kier molecular flexibility index (Phi) is 10.6. The van der Waals surface area contributed by atoms with Crippen molar-refractivity contribution in [2.45, 2.75) is 52.5 Å². The first-order valence-corrected chi connectivity index (χ1v) is 13.1. The van der Waals surface area contributed by atoms with E-state index in [4.69, 9.17) is 14.2 Å². The van der Waals surface area contributed by atoms with Crippen LogP contribution >= 0.6 is 0 Å². The van der Waals surface area contributed by atoms with Gasteiger partial charge in [0.05, 0.1) is 13.2 Å². The van der Waals surface area contributed by atoms with E-state index in [0.29, 0.717) is 24.7 Å². The maximum atomic E-state index is 13.3. The minimum atomic E-state index is -0.604. The van der Waals surface area contributed by atoms with Crippen LogP contribution in [-0.2, 0) is 17.9 Å². The summed E-state index contributed by atoms with van der Waals surface area (Å²) in [5.74, 6) is 1.19. The zero-order valence-corrected chi connectivity index (χ0v) is 23.4. The number of rotatable bonds is 11. The van der Waals surface area contributed by atoms with Crippen LogP contribution in [-0.4, -0.2) is 42.8 Å². The Morgan fingerprint density at radius 3 is 2.21 bits per heavy atom. The summed E-state index contributed by atoms with van der Waals surface area (Å²) >= 11 is 0. The van der Waals surface area contributed by atoms with Crippen molar-refractivity contribution >= 4 is 12.1 Å². The fourth-order valence-electron chi connectivity index (χ4n) is 3.85. The monoisotopic (exact) mass is 533 g/mol. The summed E-state index contributed by atoms with van der Waals surface area (Å²) in [4.78, 5) is 27.1. The Balaban J connectivity index is 1.70. The van der Waals surface area contributed by atoms with E-state index in [2.05, 4.69) is 10.6 Å². The zero-order chi connectivity index (χ0) is 28.3. The van der Waals surface area contributed by atoms with Gasteiger partial charge in [0.25, 0.3) is 0 Å². The van der Waals surface area contributed by atoms with Crippen LogP contribution < -0.4 is 20.1 Å². The molecule has 208 valence electrons. The first-order valence-electron chi connectivity index (χ1n) is 13.1. The standard InChI is InChI=1S/C31H39N3O5/c1-23(26-14-10-7-11-15-26)33-29(35)34(19-18-32-30(36)39-31(2,3)4)21-25-16-17-27(28(20-25)37-5)38-22-24-12-8-6-9-13-24/h6-17,20,23H,18-19,21-22H2,1-5H3,(H,32,36)(H,33,35). The molecule has 0 aliphatic carbocycles. The second kappa shape index (κ2) is 14.1. The van der Waals surface area contributed by atoms with E-state index in [1.165, 1.54) is 0 Å². The van der Waals surface area contributed by atoms with E-state index in [-0.39, 0.29) is 25.2 Å². The van der Waals surface area contributed by atoms with Crippen LogP contribution in [0.4, 0.5) is 9.59 Å². The third-order valence-corrected chi connectivity index (χ3v) is 5.82. The number of carbonyl (C=O) groups excluding carboxylic acids is 2. The molecule has 0 fully saturated rings. The van der Waals surface area contributed by atoms with E-state index in [1.54, 1.807) is 32.8 Å². The highest BCUT2D eigenvalue weighted by molar-refractivity contribution is 5.75. The maximum absolute atomic E-state index is 13.3. The normalized spacial score (nSPS) is 11.7. The number of ether oxygens (including phenoxy) is 3. The van der Waals surface area contributed by atoms with E-state index in [0.717, 1.165) is 16.7 Å². The highest BCUT2D eigenvalue weighted by Crippen LogP contribution is 2.29. The highest BCUT2D eigenvalue weighted by atomic mass is 16.6. The first-order chi connectivity index (χ1) is 18.6. The summed E-state index contributed by atoms with van der Waals surface area (Å²) < 4.78 is 16.9. The molecule has 1 atom stereocenters. The summed E-state index contributed by atoms with van der Waals surface area (Å²) in [6, 6.07) is 24.8. The molecule has 0 saturated heterocycles. The van der Waals surface area contributed by atoms with Crippen molar-refractivity contribution in [3.8, 4) is 11.5 Å². The number of hydrogen-bond acceptors (Lipinski definition) is 5. The van der Waals surface area contributed by atoms with Gasteiger partial charge in [-0.05, 0) is 56.5 Å². The molecule has 0 spiro atoms. The van der Waals surface area contributed by atoms with Crippen LogP contribution in [0.3, 0.4) is 0 Å². The summed E-state index contributed by atoms with van der Waals surface area (Å²) in [5, 5.41) is 5.79. The molecule has 2 N–H and O–H groups in total. The summed E-state index contributed by atoms with van der Waals surface area (Å²) in [7, 11) is 1.59. The van der Waals surface area contributed by atoms with Gasteiger partial charge >= 0.3 is 12.1 Å². The average molecular weight is 534 g/mol. The molecule has 0 saturated carbocycles. The lowest BCUT2D eigenvalue weighted by molar-refractivity contribution is 0.0523. The van der Waals surface area contributed by atoms with E-state index in [1.807, 2.05) is 85.8 Å². The highest BCUT2D eigenvalue weighted by Gasteiger charge is 2.20. The zero-order valence-electron chi connectivity index (χ0n) is 23.4.